The van der Waals surface area contributed by atoms with Gasteiger partial charge in [0.1, 0.15) is 5.82 Å². The van der Waals surface area contributed by atoms with Crippen LogP contribution in [0.25, 0.3) is 0 Å². The zero-order chi connectivity index (χ0) is 13.3. The number of hydrogen-bond acceptors (Lipinski definition) is 2. The van der Waals surface area contributed by atoms with Gasteiger partial charge in [-0.15, -0.1) is 0 Å². The summed E-state index contributed by atoms with van der Waals surface area (Å²) >= 11 is 5.60. The molecule has 0 atom stereocenters. The lowest BCUT2D eigenvalue weighted by atomic mass is 9.95. The van der Waals surface area contributed by atoms with Gasteiger partial charge < -0.3 is 10.0 Å². The van der Waals surface area contributed by atoms with E-state index in [0.717, 1.165) is 6.07 Å². The highest BCUT2D eigenvalue weighted by molar-refractivity contribution is 6.31. The number of carbonyl (C=O) groups excluding carboxylic acids is 1. The maximum atomic E-state index is 12.9. The number of rotatable bonds is 3. The molecule has 0 spiro atoms. The Hall–Kier alpha value is -1.62. The average molecular weight is 272 g/mol. The Morgan fingerprint density at radius 3 is 2.67 bits per heavy atom. The lowest BCUT2D eigenvalue weighted by Gasteiger charge is -2.38. The van der Waals surface area contributed by atoms with Crippen LogP contribution in [0.15, 0.2) is 18.2 Å². The van der Waals surface area contributed by atoms with Crippen molar-refractivity contribution in [2.24, 2.45) is 5.92 Å². The second kappa shape index (κ2) is 4.94. The van der Waals surface area contributed by atoms with Crippen molar-refractivity contribution >= 4 is 23.5 Å². The fourth-order valence-electron chi connectivity index (χ4n) is 1.92. The third kappa shape index (κ3) is 2.61. The van der Waals surface area contributed by atoms with Gasteiger partial charge in [-0.3, -0.25) is 9.59 Å². The van der Waals surface area contributed by atoms with Crippen LogP contribution in [0.3, 0.4) is 0 Å². The maximum absolute atomic E-state index is 12.9. The summed E-state index contributed by atoms with van der Waals surface area (Å²) < 4.78 is 12.9. The minimum atomic E-state index is -0.864. The predicted molar refractivity (Wildman–Crippen MR) is 63.1 cm³/mol. The van der Waals surface area contributed by atoms with E-state index in [9.17, 15) is 14.0 Å². The van der Waals surface area contributed by atoms with Crippen molar-refractivity contribution in [3.05, 3.63) is 34.6 Å². The topological polar surface area (TPSA) is 57.6 Å². The van der Waals surface area contributed by atoms with Crippen LogP contribution in [-0.4, -0.2) is 35.0 Å². The summed E-state index contributed by atoms with van der Waals surface area (Å²) in [7, 11) is 0. The summed E-state index contributed by atoms with van der Waals surface area (Å²) in [5.41, 5.74) is 0.315. The highest BCUT2D eigenvalue weighted by atomic mass is 35.5. The van der Waals surface area contributed by atoms with Gasteiger partial charge in [0, 0.05) is 24.6 Å². The molecule has 1 heterocycles. The van der Waals surface area contributed by atoms with Crippen LogP contribution in [0.4, 0.5) is 4.39 Å². The lowest BCUT2D eigenvalue weighted by Crippen LogP contribution is -2.50. The van der Waals surface area contributed by atoms with Crippen LogP contribution < -0.4 is 0 Å². The monoisotopic (exact) mass is 271 g/mol. The molecule has 1 amide bonds. The molecule has 96 valence electrons. The fraction of sp³-hybridized carbons (Fsp3) is 0.333. The van der Waals surface area contributed by atoms with E-state index >= 15 is 0 Å². The SMILES string of the molecule is O=C(O)CC1CN(C(=O)c2ccc(F)c(Cl)c2)C1. The average Bonchev–Trinajstić information content (AvgIpc) is 2.25. The normalized spacial score (nSPS) is 15.3. The van der Waals surface area contributed by atoms with Crippen LogP contribution in [0.2, 0.25) is 5.02 Å². The van der Waals surface area contributed by atoms with Crippen molar-refractivity contribution < 1.29 is 19.1 Å². The van der Waals surface area contributed by atoms with Crippen LogP contribution >= 0.6 is 11.6 Å². The molecule has 6 heteroatoms. The molecule has 1 aliphatic rings. The van der Waals surface area contributed by atoms with Gasteiger partial charge in [-0.1, -0.05) is 11.6 Å². The summed E-state index contributed by atoms with van der Waals surface area (Å²) in [6, 6.07) is 3.79. The van der Waals surface area contributed by atoms with Crippen LogP contribution in [-0.2, 0) is 4.79 Å². The highest BCUT2D eigenvalue weighted by Crippen LogP contribution is 2.23. The molecule has 1 aliphatic heterocycles. The molecular weight excluding hydrogens is 261 g/mol. The van der Waals surface area contributed by atoms with Crippen molar-refractivity contribution in [3.63, 3.8) is 0 Å². The number of benzene rings is 1. The molecular formula is C12H11ClFNO3. The Balaban J connectivity index is 1.97. The minimum Gasteiger partial charge on any atom is -0.481 e. The van der Waals surface area contributed by atoms with Crippen molar-refractivity contribution in [2.75, 3.05) is 13.1 Å². The molecule has 0 unspecified atom stereocenters. The second-order valence-corrected chi connectivity index (χ2v) is 4.71. The van der Waals surface area contributed by atoms with E-state index in [2.05, 4.69) is 0 Å². The van der Waals surface area contributed by atoms with E-state index in [1.165, 1.54) is 17.0 Å². The third-order valence-corrected chi connectivity index (χ3v) is 3.16. The molecule has 1 aromatic carbocycles. The molecule has 0 bridgehead atoms. The summed E-state index contributed by atoms with van der Waals surface area (Å²) in [6.45, 7) is 0.834. The van der Waals surface area contributed by atoms with Gasteiger partial charge in [-0.2, -0.15) is 0 Å². The molecule has 0 saturated carbocycles. The Kier molecular flexibility index (Phi) is 3.52. The Morgan fingerprint density at radius 2 is 2.11 bits per heavy atom. The lowest BCUT2D eigenvalue weighted by molar-refractivity contribution is -0.139. The number of carboxylic acid groups (broad SMARTS) is 1. The van der Waals surface area contributed by atoms with E-state index < -0.39 is 11.8 Å². The smallest absolute Gasteiger partial charge is 0.303 e. The predicted octanol–water partition coefficient (Wildman–Crippen LogP) is 2.03. The number of likely N-dealkylation sites (tertiary alicyclic amines) is 1. The van der Waals surface area contributed by atoms with Gasteiger partial charge in [0.05, 0.1) is 11.4 Å². The van der Waals surface area contributed by atoms with E-state index in [-0.39, 0.29) is 23.3 Å². The van der Waals surface area contributed by atoms with E-state index in [1.807, 2.05) is 0 Å². The largest absolute Gasteiger partial charge is 0.481 e. The first-order valence-electron chi connectivity index (χ1n) is 5.43. The van der Waals surface area contributed by atoms with Crippen LogP contribution in [0, 0.1) is 11.7 Å². The molecule has 18 heavy (non-hydrogen) atoms. The quantitative estimate of drug-likeness (QED) is 0.915. The zero-order valence-corrected chi connectivity index (χ0v) is 10.2. The summed E-state index contributed by atoms with van der Waals surface area (Å²) in [5.74, 6) is -1.68. The summed E-state index contributed by atoms with van der Waals surface area (Å²) in [6.07, 6.45) is 0.0634. The molecule has 0 radical (unpaired) electrons. The third-order valence-electron chi connectivity index (χ3n) is 2.87. The van der Waals surface area contributed by atoms with Gasteiger partial charge in [-0.05, 0) is 18.2 Å². The van der Waals surface area contributed by atoms with Gasteiger partial charge >= 0.3 is 5.97 Å². The number of amides is 1. The van der Waals surface area contributed by atoms with E-state index in [1.54, 1.807) is 0 Å². The van der Waals surface area contributed by atoms with Gasteiger partial charge in [0.25, 0.3) is 5.91 Å². The minimum absolute atomic E-state index is 0.00219. The number of halogens is 2. The molecule has 1 fully saturated rings. The standard InChI is InChI=1S/C12H11ClFNO3/c13-9-4-8(1-2-10(9)14)12(18)15-5-7(6-15)3-11(16)17/h1-2,4,7H,3,5-6H2,(H,16,17). The second-order valence-electron chi connectivity index (χ2n) is 4.30. The Labute approximate surface area is 108 Å². The van der Waals surface area contributed by atoms with Crippen LogP contribution in [0.1, 0.15) is 16.8 Å². The summed E-state index contributed by atoms with van der Waals surface area (Å²) in [5, 5.41) is 8.50. The molecule has 1 saturated heterocycles. The molecule has 0 aromatic heterocycles. The van der Waals surface area contributed by atoms with Crippen molar-refractivity contribution in [2.45, 2.75) is 6.42 Å². The number of hydrogen-bond donors (Lipinski definition) is 1. The van der Waals surface area contributed by atoms with Crippen molar-refractivity contribution in [1.29, 1.82) is 0 Å². The van der Waals surface area contributed by atoms with E-state index in [4.69, 9.17) is 16.7 Å². The number of carbonyl (C=O) groups is 2. The van der Waals surface area contributed by atoms with Gasteiger partial charge in [0.2, 0.25) is 0 Å². The van der Waals surface area contributed by atoms with Gasteiger partial charge in [-0.25, -0.2) is 4.39 Å². The molecule has 1 N–H and O–H groups in total. The first-order valence-corrected chi connectivity index (χ1v) is 5.81. The summed E-state index contributed by atoms with van der Waals surface area (Å²) in [4.78, 5) is 23.9. The van der Waals surface area contributed by atoms with Crippen molar-refractivity contribution in [3.8, 4) is 0 Å². The van der Waals surface area contributed by atoms with Crippen molar-refractivity contribution in [1.82, 2.24) is 4.90 Å². The Morgan fingerprint density at radius 1 is 1.44 bits per heavy atom. The van der Waals surface area contributed by atoms with Gasteiger partial charge in [0.15, 0.2) is 0 Å². The number of nitrogens with zero attached hydrogens (tertiary/aromatic N) is 1. The molecule has 2 rings (SSSR count). The number of carboxylic acids is 1. The molecule has 4 nitrogen and oxygen atoms in total. The molecule has 0 aliphatic carbocycles. The zero-order valence-electron chi connectivity index (χ0n) is 9.40. The first-order chi connectivity index (χ1) is 8.47. The van der Waals surface area contributed by atoms with E-state index in [0.29, 0.717) is 18.7 Å². The van der Waals surface area contributed by atoms with Crippen LogP contribution in [0.5, 0.6) is 0 Å². The number of aliphatic carboxylic acids is 1. The first kappa shape index (κ1) is 12.8. The molecule has 1 aromatic rings. The fourth-order valence-corrected chi connectivity index (χ4v) is 2.10. The highest BCUT2D eigenvalue weighted by Gasteiger charge is 2.32. The Bertz CT molecular complexity index is 500. The maximum Gasteiger partial charge on any atom is 0.303 e.